The molecule has 0 saturated carbocycles. The minimum Gasteiger partial charge on any atom is -0.497 e. The molecule has 2 aromatic carbocycles. The number of fused-ring (bicyclic) bond motifs is 1. The van der Waals surface area contributed by atoms with Gasteiger partial charge in [-0.25, -0.2) is 0 Å². The van der Waals surface area contributed by atoms with Gasteiger partial charge in [-0.3, -0.25) is 9.59 Å². The lowest BCUT2D eigenvalue weighted by Gasteiger charge is -2.30. The number of anilines is 2. The predicted molar refractivity (Wildman–Crippen MR) is 108 cm³/mol. The van der Waals surface area contributed by atoms with Crippen molar-refractivity contribution in [2.45, 2.75) is 33.1 Å². The second-order valence-electron chi connectivity index (χ2n) is 7.26. The predicted octanol–water partition coefficient (Wildman–Crippen LogP) is 4.27. The molecule has 1 aliphatic rings. The zero-order valence-corrected chi connectivity index (χ0v) is 16.1. The number of hydrogen-bond donors (Lipinski definition) is 1. The minimum atomic E-state index is -0.183. The number of nitrogens with zero attached hydrogens (tertiary/aromatic N) is 1. The molecule has 27 heavy (non-hydrogen) atoms. The van der Waals surface area contributed by atoms with Crippen molar-refractivity contribution < 1.29 is 14.3 Å². The van der Waals surface area contributed by atoms with E-state index in [9.17, 15) is 9.59 Å². The minimum absolute atomic E-state index is 0.177. The Balaban J connectivity index is 1.77. The Morgan fingerprint density at radius 3 is 2.74 bits per heavy atom. The molecular weight excluding hydrogens is 340 g/mol. The Labute approximate surface area is 160 Å². The highest BCUT2D eigenvalue weighted by Crippen LogP contribution is 2.31. The molecule has 1 heterocycles. The first-order chi connectivity index (χ1) is 13.0. The van der Waals surface area contributed by atoms with Crippen molar-refractivity contribution in [3.8, 4) is 5.75 Å². The summed E-state index contributed by atoms with van der Waals surface area (Å²) in [5.41, 5.74) is 3.34. The summed E-state index contributed by atoms with van der Waals surface area (Å²) >= 11 is 0. The molecule has 1 aliphatic heterocycles. The molecule has 142 valence electrons. The van der Waals surface area contributed by atoms with E-state index in [0.717, 1.165) is 29.9 Å². The van der Waals surface area contributed by atoms with Crippen LogP contribution in [-0.4, -0.2) is 25.5 Å². The van der Waals surface area contributed by atoms with Crippen molar-refractivity contribution in [1.29, 1.82) is 0 Å². The Morgan fingerprint density at radius 2 is 2.00 bits per heavy atom. The summed E-state index contributed by atoms with van der Waals surface area (Å²) < 4.78 is 5.17. The standard InChI is InChI=1S/C22H26N2O3/c1-15(2)11-12-24-20-9-8-18(13-16(20)7-10-21(24)25)23-22(26)17-5-4-6-19(14-17)27-3/h4-6,8-9,13-15H,7,10-12H2,1-3H3,(H,23,26). The molecule has 2 aromatic rings. The van der Waals surface area contributed by atoms with Gasteiger partial charge in [-0.05, 0) is 60.7 Å². The number of carbonyl (C=O) groups excluding carboxylic acids is 2. The van der Waals surface area contributed by atoms with Crippen molar-refractivity contribution in [3.63, 3.8) is 0 Å². The molecule has 0 unspecified atom stereocenters. The molecule has 1 N–H and O–H groups in total. The van der Waals surface area contributed by atoms with Crippen LogP contribution in [0, 0.1) is 5.92 Å². The smallest absolute Gasteiger partial charge is 0.255 e. The molecule has 0 radical (unpaired) electrons. The van der Waals surface area contributed by atoms with E-state index in [0.29, 0.717) is 30.1 Å². The van der Waals surface area contributed by atoms with Gasteiger partial charge < -0.3 is 15.0 Å². The summed E-state index contributed by atoms with van der Waals surface area (Å²) in [6, 6.07) is 12.8. The van der Waals surface area contributed by atoms with Gasteiger partial charge in [0.05, 0.1) is 7.11 Å². The molecule has 2 amide bonds. The van der Waals surface area contributed by atoms with E-state index in [4.69, 9.17) is 4.74 Å². The van der Waals surface area contributed by atoms with Crippen LogP contribution in [0.4, 0.5) is 11.4 Å². The summed E-state index contributed by atoms with van der Waals surface area (Å²) in [5.74, 6) is 1.19. The van der Waals surface area contributed by atoms with Crippen LogP contribution >= 0.6 is 0 Å². The SMILES string of the molecule is COc1cccc(C(=O)Nc2ccc3c(c2)CCC(=O)N3CCC(C)C)c1. The molecule has 5 nitrogen and oxygen atoms in total. The zero-order chi connectivity index (χ0) is 19.4. The van der Waals surface area contributed by atoms with E-state index in [2.05, 4.69) is 19.2 Å². The maximum absolute atomic E-state index is 12.5. The van der Waals surface area contributed by atoms with Crippen LogP contribution in [0.3, 0.4) is 0 Å². The highest BCUT2D eigenvalue weighted by atomic mass is 16.5. The second kappa shape index (κ2) is 8.25. The average molecular weight is 366 g/mol. The molecule has 0 bridgehead atoms. The van der Waals surface area contributed by atoms with E-state index < -0.39 is 0 Å². The Hall–Kier alpha value is -2.82. The number of ether oxygens (including phenoxy) is 1. The molecule has 0 saturated heterocycles. The fourth-order valence-corrected chi connectivity index (χ4v) is 3.24. The van der Waals surface area contributed by atoms with Crippen molar-refractivity contribution in [2.24, 2.45) is 5.92 Å². The highest BCUT2D eigenvalue weighted by Gasteiger charge is 2.24. The van der Waals surface area contributed by atoms with Crippen LogP contribution in [0.1, 0.15) is 42.6 Å². The van der Waals surface area contributed by atoms with E-state index >= 15 is 0 Å². The Morgan fingerprint density at radius 1 is 1.19 bits per heavy atom. The molecule has 0 fully saturated rings. The molecular formula is C22H26N2O3. The van der Waals surface area contributed by atoms with E-state index in [1.807, 2.05) is 23.1 Å². The third-order valence-electron chi connectivity index (χ3n) is 4.80. The molecule has 0 spiro atoms. The quantitative estimate of drug-likeness (QED) is 0.830. The number of methoxy groups -OCH3 is 1. The number of amides is 2. The van der Waals surface area contributed by atoms with Crippen LogP contribution in [0.15, 0.2) is 42.5 Å². The van der Waals surface area contributed by atoms with Gasteiger partial charge in [-0.1, -0.05) is 19.9 Å². The maximum Gasteiger partial charge on any atom is 0.255 e. The first-order valence-corrected chi connectivity index (χ1v) is 9.36. The normalized spacial score (nSPS) is 13.5. The van der Waals surface area contributed by atoms with E-state index in [-0.39, 0.29) is 11.8 Å². The van der Waals surface area contributed by atoms with Gasteiger partial charge in [-0.2, -0.15) is 0 Å². The van der Waals surface area contributed by atoms with Gasteiger partial charge in [0.2, 0.25) is 5.91 Å². The van der Waals surface area contributed by atoms with E-state index in [1.54, 1.807) is 31.4 Å². The van der Waals surface area contributed by atoms with Crippen LogP contribution in [0.25, 0.3) is 0 Å². The average Bonchev–Trinajstić information content (AvgIpc) is 2.67. The van der Waals surface area contributed by atoms with Gasteiger partial charge in [0.1, 0.15) is 5.75 Å². The number of carbonyl (C=O) groups is 2. The first-order valence-electron chi connectivity index (χ1n) is 9.36. The third-order valence-corrected chi connectivity index (χ3v) is 4.80. The molecule has 0 atom stereocenters. The lowest BCUT2D eigenvalue weighted by molar-refractivity contribution is -0.118. The number of rotatable bonds is 6. The van der Waals surface area contributed by atoms with Gasteiger partial charge in [-0.15, -0.1) is 0 Å². The van der Waals surface area contributed by atoms with Crippen LogP contribution < -0.4 is 15.0 Å². The van der Waals surface area contributed by atoms with Gasteiger partial charge >= 0.3 is 0 Å². The first kappa shape index (κ1) is 19.0. The topological polar surface area (TPSA) is 58.6 Å². The Bertz CT molecular complexity index is 845. The van der Waals surface area contributed by atoms with Crippen LogP contribution in [0.2, 0.25) is 0 Å². The van der Waals surface area contributed by atoms with Gasteiger partial charge in [0, 0.05) is 29.9 Å². The summed E-state index contributed by atoms with van der Waals surface area (Å²) in [6.45, 7) is 5.05. The Kier molecular flexibility index (Phi) is 5.79. The fraction of sp³-hybridized carbons (Fsp3) is 0.364. The fourth-order valence-electron chi connectivity index (χ4n) is 3.24. The molecule has 0 aliphatic carbocycles. The van der Waals surface area contributed by atoms with Crippen LogP contribution in [0.5, 0.6) is 5.75 Å². The zero-order valence-electron chi connectivity index (χ0n) is 16.1. The number of benzene rings is 2. The highest BCUT2D eigenvalue weighted by molar-refractivity contribution is 6.05. The number of hydrogen-bond acceptors (Lipinski definition) is 3. The van der Waals surface area contributed by atoms with Crippen molar-refractivity contribution in [3.05, 3.63) is 53.6 Å². The number of nitrogens with one attached hydrogen (secondary N) is 1. The third kappa shape index (κ3) is 4.48. The van der Waals surface area contributed by atoms with Crippen LogP contribution in [-0.2, 0) is 11.2 Å². The summed E-state index contributed by atoms with van der Waals surface area (Å²) in [4.78, 5) is 26.7. The van der Waals surface area contributed by atoms with Crippen molar-refractivity contribution >= 4 is 23.2 Å². The second-order valence-corrected chi connectivity index (χ2v) is 7.26. The molecule has 0 aromatic heterocycles. The monoisotopic (exact) mass is 366 g/mol. The maximum atomic E-state index is 12.5. The van der Waals surface area contributed by atoms with Crippen molar-refractivity contribution in [1.82, 2.24) is 0 Å². The van der Waals surface area contributed by atoms with Gasteiger partial charge in [0.25, 0.3) is 5.91 Å². The number of aryl methyl sites for hydroxylation is 1. The van der Waals surface area contributed by atoms with E-state index in [1.165, 1.54) is 0 Å². The van der Waals surface area contributed by atoms with Crippen molar-refractivity contribution in [2.75, 3.05) is 23.9 Å². The molecule has 5 heteroatoms. The molecule has 3 rings (SSSR count). The lowest BCUT2D eigenvalue weighted by atomic mass is 9.99. The largest absolute Gasteiger partial charge is 0.497 e. The lowest BCUT2D eigenvalue weighted by Crippen LogP contribution is -2.36. The van der Waals surface area contributed by atoms with Gasteiger partial charge in [0.15, 0.2) is 0 Å². The summed E-state index contributed by atoms with van der Waals surface area (Å²) in [7, 11) is 1.58. The summed E-state index contributed by atoms with van der Waals surface area (Å²) in [6.07, 6.45) is 2.19. The summed E-state index contributed by atoms with van der Waals surface area (Å²) in [5, 5.41) is 2.94.